The smallest absolute Gasteiger partial charge is 0.317 e. The van der Waals surface area contributed by atoms with Crippen LogP contribution in [0.15, 0.2) is 0 Å². The summed E-state index contributed by atoms with van der Waals surface area (Å²) in [7, 11) is 0. The van der Waals surface area contributed by atoms with Crippen LogP contribution in [0.25, 0.3) is 0 Å². The first kappa shape index (κ1) is 22.1. The van der Waals surface area contributed by atoms with Crippen LogP contribution in [0.3, 0.4) is 0 Å². The molecule has 0 aliphatic carbocycles. The third-order valence-electron chi connectivity index (χ3n) is 5.07. The van der Waals surface area contributed by atoms with E-state index in [1.54, 1.807) is 0 Å². The lowest BCUT2D eigenvalue weighted by Gasteiger charge is -2.30. The van der Waals surface area contributed by atoms with Crippen molar-refractivity contribution < 1.29 is 14.3 Å². The van der Waals surface area contributed by atoms with Crippen molar-refractivity contribution in [2.45, 2.75) is 75.7 Å². The number of ether oxygens (including phenoxy) is 1. The van der Waals surface area contributed by atoms with Gasteiger partial charge in [-0.3, -0.25) is 9.59 Å². The third kappa shape index (κ3) is 6.64. The van der Waals surface area contributed by atoms with E-state index in [9.17, 15) is 9.59 Å². The Kier molecular flexibility index (Phi) is 8.51. The Bertz CT molecular complexity index is 368. The van der Waals surface area contributed by atoms with Gasteiger partial charge in [-0.1, -0.05) is 69.2 Å². The Hall–Kier alpha value is -0.860. The van der Waals surface area contributed by atoms with Gasteiger partial charge < -0.3 is 4.74 Å². The number of carbonyl (C=O) groups is 2. The van der Waals surface area contributed by atoms with Crippen LogP contribution in [0, 0.1) is 40.9 Å². The summed E-state index contributed by atoms with van der Waals surface area (Å²) in [6, 6.07) is 0. The van der Waals surface area contributed by atoms with Crippen molar-refractivity contribution in [3.8, 4) is 0 Å². The molecule has 2 unspecified atom stereocenters. The predicted molar refractivity (Wildman–Crippen MR) is 95.8 cm³/mol. The van der Waals surface area contributed by atoms with Gasteiger partial charge in [-0.05, 0) is 35.5 Å². The second kappa shape index (κ2) is 8.84. The van der Waals surface area contributed by atoms with Gasteiger partial charge in [0.25, 0.3) is 0 Å². The summed E-state index contributed by atoms with van der Waals surface area (Å²) in [6.45, 7) is 21.7. The zero-order valence-electron chi connectivity index (χ0n) is 16.9. The van der Waals surface area contributed by atoms with Crippen molar-refractivity contribution in [1.29, 1.82) is 0 Å². The molecule has 136 valence electrons. The molecule has 1 heterocycles. The molecule has 3 heteroatoms. The molecule has 1 rings (SSSR count). The first-order valence-electron chi connectivity index (χ1n) is 9.06. The van der Waals surface area contributed by atoms with Crippen LogP contribution in [0.2, 0.25) is 0 Å². The molecule has 0 spiro atoms. The maximum atomic E-state index is 11.3. The molecule has 1 aliphatic heterocycles. The minimum Gasteiger partial charge on any atom is -0.393 e. The highest BCUT2D eigenvalue weighted by atomic mass is 16.6. The lowest BCUT2D eigenvalue weighted by Crippen LogP contribution is -2.27. The second-order valence-electron chi connectivity index (χ2n) is 9.02. The van der Waals surface area contributed by atoms with Crippen molar-refractivity contribution >= 4 is 11.9 Å². The maximum absolute atomic E-state index is 11.3. The molecule has 0 N–H and O–H groups in total. The van der Waals surface area contributed by atoms with E-state index in [-0.39, 0.29) is 35.6 Å². The summed E-state index contributed by atoms with van der Waals surface area (Å²) in [6.07, 6.45) is 1.34. The molecule has 0 bridgehead atoms. The molecule has 23 heavy (non-hydrogen) atoms. The van der Waals surface area contributed by atoms with Crippen LogP contribution in [0.4, 0.5) is 0 Å². The fraction of sp³-hybridized carbons (Fsp3) is 0.900. The first-order valence-corrected chi connectivity index (χ1v) is 9.06. The largest absolute Gasteiger partial charge is 0.393 e. The highest BCUT2D eigenvalue weighted by Crippen LogP contribution is 2.35. The average molecular weight is 327 g/mol. The van der Waals surface area contributed by atoms with E-state index in [0.29, 0.717) is 5.41 Å². The van der Waals surface area contributed by atoms with Gasteiger partial charge in [0.05, 0.1) is 11.8 Å². The molecule has 0 saturated carbocycles. The lowest BCUT2D eigenvalue weighted by atomic mass is 9.75. The fourth-order valence-electron chi connectivity index (χ4n) is 3.19. The predicted octanol–water partition coefficient (Wildman–Crippen LogP) is 5.33. The molecule has 1 aliphatic rings. The Morgan fingerprint density at radius 1 is 0.826 bits per heavy atom. The molecule has 3 nitrogen and oxygen atoms in total. The monoisotopic (exact) mass is 326 g/mol. The Morgan fingerprint density at radius 3 is 1.35 bits per heavy atom. The lowest BCUT2D eigenvalue weighted by molar-refractivity contribution is -0.154. The fourth-order valence-corrected chi connectivity index (χ4v) is 3.19. The van der Waals surface area contributed by atoms with Crippen molar-refractivity contribution in [2.75, 3.05) is 0 Å². The molecule has 0 aromatic carbocycles. The van der Waals surface area contributed by atoms with Crippen LogP contribution < -0.4 is 0 Å². The normalized spacial score (nSPS) is 22.0. The van der Waals surface area contributed by atoms with Gasteiger partial charge >= 0.3 is 11.9 Å². The number of hydrogen-bond donors (Lipinski definition) is 0. The highest BCUT2D eigenvalue weighted by Gasteiger charge is 2.47. The van der Waals surface area contributed by atoms with Crippen molar-refractivity contribution in [3.63, 3.8) is 0 Å². The molecule has 0 aromatic heterocycles. The van der Waals surface area contributed by atoms with Gasteiger partial charge in [0, 0.05) is 0 Å². The second-order valence-corrected chi connectivity index (χ2v) is 9.02. The van der Waals surface area contributed by atoms with Gasteiger partial charge in [0.15, 0.2) is 0 Å². The van der Waals surface area contributed by atoms with E-state index >= 15 is 0 Å². The van der Waals surface area contributed by atoms with Crippen LogP contribution in [-0.2, 0) is 14.3 Å². The zero-order chi connectivity index (χ0) is 18.5. The summed E-state index contributed by atoms with van der Waals surface area (Å²) in [5.41, 5.74) is 0.522. The van der Waals surface area contributed by atoms with Crippen LogP contribution >= 0.6 is 0 Å². The van der Waals surface area contributed by atoms with E-state index in [2.05, 4.69) is 46.3 Å². The van der Waals surface area contributed by atoms with Gasteiger partial charge in [0.1, 0.15) is 0 Å². The molecule has 2 atom stereocenters. The molecule has 0 radical (unpaired) electrons. The van der Waals surface area contributed by atoms with Crippen LogP contribution in [-0.4, -0.2) is 11.9 Å². The van der Waals surface area contributed by atoms with Gasteiger partial charge in [-0.25, -0.2) is 0 Å². The minimum atomic E-state index is -0.348. The molecule has 0 amide bonds. The number of hydrogen-bond acceptors (Lipinski definition) is 3. The topological polar surface area (TPSA) is 43.4 Å². The van der Waals surface area contributed by atoms with Gasteiger partial charge in [0.2, 0.25) is 0 Å². The molecular weight excluding hydrogens is 288 g/mol. The Morgan fingerprint density at radius 2 is 1.17 bits per heavy atom. The van der Waals surface area contributed by atoms with Crippen molar-refractivity contribution in [2.24, 2.45) is 40.9 Å². The van der Waals surface area contributed by atoms with E-state index in [0.717, 1.165) is 11.8 Å². The standard InChI is InChI=1S/C10H16O3.C10H22/c1-5(2)7-8(6(3)4)10(12)13-9(7)11;1-8(2)7-10(5,6)9(3)4/h5-8H,1-4H3;8-9H,7H2,1-6H3. The number of esters is 2. The highest BCUT2D eigenvalue weighted by molar-refractivity contribution is 5.96. The number of rotatable bonds is 5. The Labute approximate surface area is 143 Å². The van der Waals surface area contributed by atoms with Crippen molar-refractivity contribution in [3.05, 3.63) is 0 Å². The van der Waals surface area contributed by atoms with Crippen LogP contribution in [0.5, 0.6) is 0 Å². The molecule has 1 saturated heterocycles. The maximum Gasteiger partial charge on any atom is 0.317 e. The summed E-state index contributed by atoms with van der Waals surface area (Å²) < 4.78 is 4.63. The summed E-state index contributed by atoms with van der Waals surface area (Å²) in [5.74, 6) is 0.794. The van der Waals surface area contributed by atoms with E-state index in [4.69, 9.17) is 0 Å². The van der Waals surface area contributed by atoms with Crippen LogP contribution in [0.1, 0.15) is 75.7 Å². The van der Waals surface area contributed by atoms with Gasteiger partial charge in [-0.2, -0.15) is 0 Å². The van der Waals surface area contributed by atoms with E-state index < -0.39 is 0 Å². The minimum absolute atomic E-state index is 0.173. The third-order valence-corrected chi connectivity index (χ3v) is 5.07. The number of carbonyl (C=O) groups excluding carboxylic acids is 2. The average Bonchev–Trinajstić information content (AvgIpc) is 2.63. The summed E-state index contributed by atoms with van der Waals surface area (Å²) in [4.78, 5) is 22.6. The van der Waals surface area contributed by atoms with Crippen molar-refractivity contribution in [1.82, 2.24) is 0 Å². The Balaban J connectivity index is 0.000000438. The molecule has 0 aromatic rings. The zero-order valence-corrected chi connectivity index (χ0v) is 16.9. The molecular formula is C20H38O3. The summed E-state index contributed by atoms with van der Waals surface area (Å²) in [5, 5.41) is 0. The first-order chi connectivity index (χ1) is 10.3. The van der Waals surface area contributed by atoms with E-state index in [1.807, 2.05) is 27.7 Å². The quantitative estimate of drug-likeness (QED) is 0.506. The van der Waals surface area contributed by atoms with E-state index in [1.165, 1.54) is 6.42 Å². The SMILES string of the molecule is CC(C)C1C(=O)OC(=O)C1C(C)C.CC(C)CC(C)(C)C(C)C. The molecule has 1 fully saturated rings. The number of cyclic esters (lactones) is 2. The van der Waals surface area contributed by atoms with Gasteiger partial charge in [-0.15, -0.1) is 0 Å². The summed E-state index contributed by atoms with van der Waals surface area (Å²) >= 11 is 0.